The van der Waals surface area contributed by atoms with E-state index >= 15 is 0 Å². The summed E-state index contributed by atoms with van der Waals surface area (Å²) in [5, 5.41) is 9.43. The lowest BCUT2D eigenvalue weighted by Crippen LogP contribution is -2.30. The lowest BCUT2D eigenvalue weighted by Gasteiger charge is -2.17. The second kappa shape index (κ2) is 5.55. The van der Waals surface area contributed by atoms with Crippen LogP contribution in [0.25, 0.3) is 0 Å². The van der Waals surface area contributed by atoms with E-state index in [2.05, 4.69) is 15.6 Å². The van der Waals surface area contributed by atoms with Crippen LogP contribution >= 0.6 is 11.6 Å². The molecular formula is C13H21ClN6. The van der Waals surface area contributed by atoms with Gasteiger partial charge in [-0.3, -0.25) is 20.6 Å². The zero-order chi connectivity index (χ0) is 15.0. The summed E-state index contributed by atoms with van der Waals surface area (Å²) < 4.78 is 3.55. The Morgan fingerprint density at radius 3 is 2.15 bits per heavy atom. The SMILES string of the molecule is Cc1nn(C)c(Cl)c1CC(NN)c1c(C)nn(C)c1C. The van der Waals surface area contributed by atoms with Crippen LogP contribution in [-0.4, -0.2) is 19.6 Å². The van der Waals surface area contributed by atoms with Gasteiger partial charge in [-0.1, -0.05) is 11.6 Å². The van der Waals surface area contributed by atoms with Gasteiger partial charge in [-0.05, 0) is 27.2 Å². The van der Waals surface area contributed by atoms with Crippen molar-refractivity contribution in [1.29, 1.82) is 0 Å². The standard InChI is InChI=1S/C13H21ClN6/c1-7-10(13(14)20(5)17-7)6-11(16-15)12-8(2)18-19(4)9(12)3/h11,16H,6,15H2,1-5H3. The summed E-state index contributed by atoms with van der Waals surface area (Å²) in [6.45, 7) is 5.99. The number of aryl methyl sites for hydroxylation is 4. The first-order valence-electron chi connectivity index (χ1n) is 6.51. The Labute approximate surface area is 123 Å². The molecule has 0 aliphatic rings. The summed E-state index contributed by atoms with van der Waals surface area (Å²) in [6.07, 6.45) is 0.683. The van der Waals surface area contributed by atoms with Crippen LogP contribution in [0, 0.1) is 20.8 Å². The fourth-order valence-corrected chi connectivity index (χ4v) is 2.90. The van der Waals surface area contributed by atoms with Gasteiger partial charge < -0.3 is 0 Å². The van der Waals surface area contributed by atoms with Gasteiger partial charge in [-0.15, -0.1) is 0 Å². The van der Waals surface area contributed by atoms with Crippen molar-refractivity contribution in [2.45, 2.75) is 33.2 Å². The Balaban J connectivity index is 2.39. The molecule has 0 radical (unpaired) electrons. The van der Waals surface area contributed by atoms with Gasteiger partial charge in [-0.25, -0.2) is 0 Å². The van der Waals surface area contributed by atoms with Crippen molar-refractivity contribution in [3.8, 4) is 0 Å². The number of nitrogens with two attached hydrogens (primary N) is 1. The predicted molar refractivity (Wildman–Crippen MR) is 79.4 cm³/mol. The summed E-state index contributed by atoms with van der Waals surface area (Å²) >= 11 is 6.30. The molecule has 0 saturated heterocycles. The van der Waals surface area contributed by atoms with E-state index in [9.17, 15) is 0 Å². The minimum atomic E-state index is -0.0379. The van der Waals surface area contributed by atoms with Crippen molar-refractivity contribution in [2.24, 2.45) is 19.9 Å². The highest BCUT2D eigenvalue weighted by atomic mass is 35.5. The zero-order valence-electron chi connectivity index (χ0n) is 12.5. The van der Waals surface area contributed by atoms with Gasteiger partial charge in [0.25, 0.3) is 0 Å². The van der Waals surface area contributed by atoms with Gasteiger partial charge in [0.15, 0.2) is 0 Å². The highest BCUT2D eigenvalue weighted by Crippen LogP contribution is 2.28. The van der Waals surface area contributed by atoms with Crippen LogP contribution in [0.5, 0.6) is 0 Å². The largest absolute Gasteiger partial charge is 0.272 e. The van der Waals surface area contributed by atoms with E-state index in [1.807, 2.05) is 39.5 Å². The van der Waals surface area contributed by atoms with Crippen molar-refractivity contribution >= 4 is 11.6 Å². The number of nitrogens with one attached hydrogen (secondary N) is 1. The van der Waals surface area contributed by atoms with Gasteiger partial charge in [0.1, 0.15) is 5.15 Å². The number of hydrazine groups is 1. The molecule has 1 unspecified atom stereocenters. The van der Waals surface area contributed by atoms with Gasteiger partial charge in [0.2, 0.25) is 0 Å². The van der Waals surface area contributed by atoms with Crippen molar-refractivity contribution in [3.63, 3.8) is 0 Å². The number of halogens is 1. The lowest BCUT2D eigenvalue weighted by molar-refractivity contribution is 0.544. The van der Waals surface area contributed by atoms with Gasteiger partial charge in [0, 0.05) is 30.9 Å². The maximum absolute atomic E-state index is 6.30. The topological polar surface area (TPSA) is 73.7 Å². The molecule has 0 fully saturated rings. The number of hydrogen-bond acceptors (Lipinski definition) is 4. The van der Waals surface area contributed by atoms with Crippen molar-refractivity contribution in [3.05, 3.63) is 33.4 Å². The number of nitrogens with zero attached hydrogens (tertiary/aromatic N) is 4. The molecule has 7 heteroatoms. The first-order chi connectivity index (χ1) is 9.36. The van der Waals surface area contributed by atoms with E-state index in [4.69, 9.17) is 17.4 Å². The average Bonchev–Trinajstić information content (AvgIpc) is 2.77. The van der Waals surface area contributed by atoms with Crippen molar-refractivity contribution < 1.29 is 0 Å². The molecule has 110 valence electrons. The smallest absolute Gasteiger partial charge is 0.130 e. The molecule has 0 spiro atoms. The Kier molecular flexibility index (Phi) is 4.17. The van der Waals surface area contributed by atoms with Crippen LogP contribution in [0.1, 0.15) is 34.3 Å². The molecule has 0 bridgehead atoms. The van der Waals surface area contributed by atoms with E-state index < -0.39 is 0 Å². The maximum Gasteiger partial charge on any atom is 0.130 e. The second-order valence-electron chi connectivity index (χ2n) is 5.11. The van der Waals surface area contributed by atoms with E-state index in [1.165, 1.54) is 0 Å². The minimum absolute atomic E-state index is 0.0379. The van der Waals surface area contributed by atoms with Crippen LogP contribution in [0.2, 0.25) is 5.15 Å². The number of aromatic nitrogens is 4. The molecule has 0 aliphatic heterocycles. The Morgan fingerprint density at radius 1 is 1.15 bits per heavy atom. The normalized spacial score (nSPS) is 12.9. The summed E-state index contributed by atoms with van der Waals surface area (Å²) in [7, 11) is 3.77. The Bertz CT molecular complexity index is 627. The summed E-state index contributed by atoms with van der Waals surface area (Å²) in [4.78, 5) is 0. The molecule has 6 nitrogen and oxygen atoms in total. The molecule has 2 aromatic rings. The fourth-order valence-electron chi connectivity index (χ4n) is 2.65. The van der Waals surface area contributed by atoms with E-state index in [0.717, 1.165) is 28.2 Å². The maximum atomic E-state index is 6.30. The van der Waals surface area contributed by atoms with Crippen LogP contribution < -0.4 is 11.3 Å². The Hall–Kier alpha value is -1.37. The monoisotopic (exact) mass is 296 g/mol. The molecular weight excluding hydrogens is 276 g/mol. The summed E-state index contributed by atoms with van der Waals surface area (Å²) in [5.74, 6) is 5.75. The van der Waals surface area contributed by atoms with Gasteiger partial charge >= 0.3 is 0 Å². The molecule has 1 atom stereocenters. The van der Waals surface area contributed by atoms with Crippen LogP contribution in [0.3, 0.4) is 0 Å². The third-order valence-electron chi connectivity index (χ3n) is 3.79. The quantitative estimate of drug-likeness (QED) is 0.662. The fraction of sp³-hybridized carbons (Fsp3) is 0.538. The van der Waals surface area contributed by atoms with Crippen molar-refractivity contribution in [2.75, 3.05) is 0 Å². The highest BCUT2D eigenvalue weighted by molar-refractivity contribution is 6.30. The van der Waals surface area contributed by atoms with Gasteiger partial charge in [-0.2, -0.15) is 10.2 Å². The summed E-state index contributed by atoms with van der Waals surface area (Å²) in [6, 6.07) is -0.0379. The number of hydrogen-bond donors (Lipinski definition) is 2. The first kappa shape index (κ1) is 15.0. The van der Waals surface area contributed by atoms with E-state index in [1.54, 1.807) is 4.68 Å². The molecule has 0 saturated carbocycles. The zero-order valence-corrected chi connectivity index (χ0v) is 13.3. The van der Waals surface area contributed by atoms with Crippen LogP contribution in [0.4, 0.5) is 0 Å². The molecule has 20 heavy (non-hydrogen) atoms. The third kappa shape index (κ3) is 2.46. The molecule has 0 aromatic carbocycles. The molecule has 0 amide bonds. The van der Waals surface area contributed by atoms with Crippen molar-refractivity contribution in [1.82, 2.24) is 25.0 Å². The molecule has 0 aliphatic carbocycles. The van der Waals surface area contributed by atoms with Gasteiger partial charge in [0.05, 0.1) is 17.4 Å². The van der Waals surface area contributed by atoms with E-state index in [-0.39, 0.29) is 6.04 Å². The molecule has 2 heterocycles. The third-order valence-corrected chi connectivity index (χ3v) is 4.27. The average molecular weight is 297 g/mol. The molecule has 3 N–H and O–H groups in total. The predicted octanol–water partition coefficient (Wildman–Crippen LogP) is 1.48. The lowest BCUT2D eigenvalue weighted by atomic mass is 9.98. The van der Waals surface area contributed by atoms with E-state index in [0.29, 0.717) is 11.6 Å². The molecule has 2 rings (SSSR count). The highest BCUT2D eigenvalue weighted by Gasteiger charge is 2.23. The second-order valence-corrected chi connectivity index (χ2v) is 5.47. The summed E-state index contributed by atoms with van der Waals surface area (Å²) in [5.41, 5.74) is 8.02. The minimum Gasteiger partial charge on any atom is -0.272 e. The molecule has 2 aromatic heterocycles. The Morgan fingerprint density at radius 2 is 1.75 bits per heavy atom. The number of rotatable bonds is 4. The van der Waals surface area contributed by atoms with Crippen LogP contribution in [-0.2, 0) is 20.5 Å². The first-order valence-corrected chi connectivity index (χ1v) is 6.88. The van der Waals surface area contributed by atoms with Crippen LogP contribution in [0.15, 0.2) is 0 Å².